The number of fused-ring (bicyclic) bond motifs is 1. The van der Waals surface area contributed by atoms with Gasteiger partial charge >= 0.3 is 5.97 Å². The molecule has 1 heterocycles. The van der Waals surface area contributed by atoms with E-state index in [9.17, 15) is 14.7 Å². The van der Waals surface area contributed by atoms with E-state index >= 15 is 0 Å². The van der Waals surface area contributed by atoms with Crippen LogP contribution in [0.2, 0.25) is 0 Å². The van der Waals surface area contributed by atoms with Crippen LogP contribution >= 0.6 is 0 Å². The van der Waals surface area contributed by atoms with Gasteiger partial charge in [0, 0.05) is 5.56 Å². The predicted octanol–water partition coefficient (Wildman–Crippen LogP) is 3.17. The Morgan fingerprint density at radius 1 is 1.09 bits per heavy atom. The lowest BCUT2D eigenvalue weighted by molar-refractivity contribution is 0.0697. The van der Waals surface area contributed by atoms with Crippen molar-refractivity contribution in [1.82, 2.24) is 0 Å². The number of carboxylic acid groups (broad SMARTS) is 1. The van der Waals surface area contributed by atoms with Gasteiger partial charge in [0.2, 0.25) is 11.2 Å². The van der Waals surface area contributed by atoms with Crippen molar-refractivity contribution in [2.24, 2.45) is 0 Å². The minimum atomic E-state index is -1.05. The van der Waals surface area contributed by atoms with Crippen molar-refractivity contribution in [2.45, 2.75) is 6.92 Å². The Balaban J connectivity index is 2.24. The zero-order valence-corrected chi connectivity index (χ0v) is 11.7. The molecule has 0 spiro atoms. The summed E-state index contributed by atoms with van der Waals surface area (Å²) in [6.45, 7) is 1.87. The third-order valence-corrected chi connectivity index (χ3v) is 3.42. The van der Waals surface area contributed by atoms with Gasteiger partial charge in [-0.3, -0.25) is 4.79 Å². The first-order valence-corrected chi connectivity index (χ1v) is 6.57. The van der Waals surface area contributed by atoms with Crippen LogP contribution in [0.5, 0.6) is 5.75 Å². The van der Waals surface area contributed by atoms with E-state index in [0.717, 1.165) is 5.56 Å². The Kier molecular flexibility index (Phi) is 3.18. The van der Waals surface area contributed by atoms with Crippen LogP contribution in [0.4, 0.5) is 0 Å². The van der Waals surface area contributed by atoms with E-state index in [-0.39, 0.29) is 11.3 Å². The van der Waals surface area contributed by atoms with Gasteiger partial charge in [0.1, 0.15) is 5.58 Å². The Morgan fingerprint density at radius 3 is 2.41 bits per heavy atom. The van der Waals surface area contributed by atoms with Gasteiger partial charge in [-0.05, 0) is 36.8 Å². The van der Waals surface area contributed by atoms with Crippen molar-refractivity contribution >= 4 is 16.9 Å². The van der Waals surface area contributed by atoms with Gasteiger partial charge < -0.3 is 14.6 Å². The summed E-state index contributed by atoms with van der Waals surface area (Å²) in [5, 5.41) is 19.3. The van der Waals surface area contributed by atoms with Crippen molar-refractivity contribution in [2.75, 3.05) is 0 Å². The van der Waals surface area contributed by atoms with E-state index < -0.39 is 17.1 Å². The molecule has 0 saturated heterocycles. The van der Waals surface area contributed by atoms with Crippen molar-refractivity contribution in [3.63, 3.8) is 0 Å². The molecule has 1 aromatic heterocycles. The highest BCUT2D eigenvalue weighted by molar-refractivity contribution is 5.88. The molecule has 0 aliphatic carbocycles. The second-order valence-corrected chi connectivity index (χ2v) is 4.99. The van der Waals surface area contributed by atoms with Crippen LogP contribution in [0.15, 0.2) is 51.7 Å². The standard InChI is InChI=1S/C17H12O5/c1-9-2-7-12-13(8-9)22-16(15(19)14(12)18)10-3-5-11(6-4-10)17(20)21/h2-8,19H,1H3,(H,20,21). The van der Waals surface area contributed by atoms with Crippen LogP contribution in [-0.2, 0) is 0 Å². The van der Waals surface area contributed by atoms with Crippen LogP contribution < -0.4 is 5.43 Å². The molecule has 5 heteroatoms. The quantitative estimate of drug-likeness (QED) is 0.758. The lowest BCUT2D eigenvalue weighted by Gasteiger charge is -2.07. The predicted molar refractivity (Wildman–Crippen MR) is 81.3 cm³/mol. The van der Waals surface area contributed by atoms with Crippen LogP contribution in [0.25, 0.3) is 22.3 Å². The van der Waals surface area contributed by atoms with E-state index in [2.05, 4.69) is 0 Å². The van der Waals surface area contributed by atoms with Gasteiger partial charge in [-0.1, -0.05) is 18.2 Å². The highest BCUT2D eigenvalue weighted by atomic mass is 16.4. The summed E-state index contributed by atoms with van der Waals surface area (Å²) < 4.78 is 5.64. The molecule has 3 aromatic rings. The van der Waals surface area contributed by atoms with Crippen LogP contribution in [-0.4, -0.2) is 16.2 Å². The van der Waals surface area contributed by atoms with Crippen molar-refractivity contribution in [1.29, 1.82) is 0 Å². The fourth-order valence-electron chi connectivity index (χ4n) is 2.25. The Morgan fingerprint density at radius 2 is 1.77 bits per heavy atom. The van der Waals surface area contributed by atoms with E-state index in [0.29, 0.717) is 16.5 Å². The normalized spacial score (nSPS) is 10.8. The Labute approximate surface area is 125 Å². The topological polar surface area (TPSA) is 87.7 Å². The smallest absolute Gasteiger partial charge is 0.335 e. The lowest BCUT2D eigenvalue weighted by atomic mass is 10.1. The molecule has 0 radical (unpaired) electrons. The molecule has 2 aromatic carbocycles. The number of aryl methyl sites for hydroxylation is 1. The number of rotatable bonds is 2. The largest absolute Gasteiger partial charge is 0.502 e. The molecule has 0 fully saturated rings. The molecule has 0 atom stereocenters. The van der Waals surface area contributed by atoms with Gasteiger partial charge in [0.15, 0.2) is 5.76 Å². The van der Waals surface area contributed by atoms with Crippen LogP contribution in [0.1, 0.15) is 15.9 Å². The zero-order chi connectivity index (χ0) is 15.9. The summed E-state index contributed by atoms with van der Waals surface area (Å²) in [4.78, 5) is 23.1. The maximum Gasteiger partial charge on any atom is 0.335 e. The maximum atomic E-state index is 12.2. The average molecular weight is 296 g/mol. The maximum absolute atomic E-state index is 12.2. The van der Waals surface area contributed by atoms with Crippen molar-refractivity contribution in [3.8, 4) is 17.1 Å². The minimum absolute atomic E-state index is 0.0278. The zero-order valence-electron chi connectivity index (χ0n) is 11.7. The second kappa shape index (κ2) is 5.04. The van der Waals surface area contributed by atoms with E-state index in [4.69, 9.17) is 9.52 Å². The average Bonchev–Trinajstić information content (AvgIpc) is 2.51. The first-order valence-electron chi connectivity index (χ1n) is 6.57. The fraction of sp³-hybridized carbons (Fsp3) is 0.0588. The van der Waals surface area contributed by atoms with Gasteiger partial charge in [0.05, 0.1) is 10.9 Å². The molecule has 0 bridgehead atoms. The molecule has 0 unspecified atom stereocenters. The lowest BCUT2D eigenvalue weighted by Crippen LogP contribution is -2.03. The molecule has 0 amide bonds. The number of carboxylic acids is 1. The highest BCUT2D eigenvalue weighted by Gasteiger charge is 2.15. The molecule has 5 nitrogen and oxygen atoms in total. The van der Waals surface area contributed by atoms with Crippen LogP contribution in [0, 0.1) is 6.92 Å². The summed E-state index contributed by atoms with van der Waals surface area (Å²) >= 11 is 0. The molecular formula is C17H12O5. The molecule has 110 valence electrons. The first kappa shape index (κ1) is 13.9. The Hall–Kier alpha value is -3.08. The van der Waals surface area contributed by atoms with Crippen LogP contribution in [0.3, 0.4) is 0 Å². The summed E-state index contributed by atoms with van der Waals surface area (Å²) in [6.07, 6.45) is 0. The Bertz CT molecular complexity index is 936. The molecule has 22 heavy (non-hydrogen) atoms. The van der Waals surface area contributed by atoms with Gasteiger partial charge in [-0.25, -0.2) is 4.79 Å². The molecule has 3 rings (SSSR count). The van der Waals surface area contributed by atoms with Crippen molar-refractivity contribution < 1.29 is 19.4 Å². The van der Waals surface area contributed by atoms with Gasteiger partial charge in [-0.15, -0.1) is 0 Å². The molecule has 0 aliphatic rings. The number of hydrogen-bond acceptors (Lipinski definition) is 4. The van der Waals surface area contributed by atoms with E-state index in [1.165, 1.54) is 24.3 Å². The van der Waals surface area contributed by atoms with Gasteiger partial charge in [0.25, 0.3) is 0 Å². The highest BCUT2D eigenvalue weighted by Crippen LogP contribution is 2.30. The number of hydrogen-bond donors (Lipinski definition) is 2. The fourth-order valence-corrected chi connectivity index (χ4v) is 2.25. The number of aromatic carboxylic acids is 1. The number of carbonyl (C=O) groups is 1. The van der Waals surface area contributed by atoms with Crippen molar-refractivity contribution in [3.05, 3.63) is 63.8 Å². The molecule has 2 N–H and O–H groups in total. The van der Waals surface area contributed by atoms with E-state index in [1.807, 2.05) is 6.92 Å². The monoisotopic (exact) mass is 296 g/mol. The summed E-state index contributed by atoms with van der Waals surface area (Å²) in [5.74, 6) is -1.51. The molecular weight excluding hydrogens is 284 g/mol. The molecule has 0 aliphatic heterocycles. The SMILES string of the molecule is Cc1ccc2c(=O)c(O)c(-c3ccc(C(=O)O)cc3)oc2c1. The third kappa shape index (κ3) is 2.22. The third-order valence-electron chi connectivity index (χ3n) is 3.42. The van der Waals surface area contributed by atoms with E-state index in [1.54, 1.807) is 18.2 Å². The minimum Gasteiger partial charge on any atom is -0.502 e. The molecule has 0 saturated carbocycles. The summed E-state index contributed by atoms with van der Waals surface area (Å²) in [7, 11) is 0. The summed E-state index contributed by atoms with van der Waals surface area (Å²) in [6, 6.07) is 10.8. The number of benzene rings is 2. The second-order valence-electron chi connectivity index (χ2n) is 4.99. The number of aromatic hydroxyl groups is 1. The van der Waals surface area contributed by atoms with Gasteiger partial charge in [-0.2, -0.15) is 0 Å². The summed E-state index contributed by atoms with van der Waals surface area (Å²) in [5.41, 5.74) is 1.33. The first-order chi connectivity index (χ1) is 10.5.